The van der Waals surface area contributed by atoms with E-state index >= 15 is 0 Å². The van der Waals surface area contributed by atoms with Gasteiger partial charge in [0.25, 0.3) is 0 Å². The molecule has 0 spiro atoms. The Morgan fingerprint density at radius 3 is 3.19 bits per heavy atom. The summed E-state index contributed by atoms with van der Waals surface area (Å²) in [5.74, 6) is -0.365. The first-order valence-electron chi connectivity index (χ1n) is 4.68. The lowest BCUT2D eigenvalue weighted by molar-refractivity contribution is -0.138. The van der Waals surface area contributed by atoms with Crippen LogP contribution in [-0.4, -0.2) is 17.6 Å². The van der Waals surface area contributed by atoms with Crippen LogP contribution in [-0.2, 0) is 9.53 Å². The predicted molar refractivity (Wildman–Crippen MR) is 63.4 cm³/mol. The molecular formula is C10H9ClN2O2S. The van der Waals surface area contributed by atoms with E-state index in [4.69, 9.17) is 16.3 Å². The van der Waals surface area contributed by atoms with Crippen molar-refractivity contribution in [3.05, 3.63) is 28.4 Å². The number of rotatable bonds is 2. The van der Waals surface area contributed by atoms with Crippen LogP contribution >= 0.6 is 23.4 Å². The van der Waals surface area contributed by atoms with Crippen LogP contribution in [0.5, 0.6) is 0 Å². The topological polar surface area (TPSA) is 51.2 Å². The van der Waals surface area contributed by atoms with Gasteiger partial charge in [-0.2, -0.15) is 0 Å². The Hall–Kier alpha value is -1.20. The zero-order chi connectivity index (χ0) is 11.5. The average Bonchev–Trinajstić information content (AvgIpc) is 2.28. The van der Waals surface area contributed by atoms with E-state index in [0.717, 1.165) is 10.7 Å². The molecule has 0 fully saturated rings. The highest BCUT2D eigenvalue weighted by molar-refractivity contribution is 8.02. The van der Waals surface area contributed by atoms with Gasteiger partial charge in [0.1, 0.15) is 15.9 Å². The quantitative estimate of drug-likeness (QED) is 0.651. The minimum atomic E-state index is -0.365. The third kappa shape index (κ3) is 2.31. The molecule has 0 saturated carbocycles. The molecule has 2 heterocycles. The van der Waals surface area contributed by atoms with Gasteiger partial charge in [-0.25, -0.2) is 9.78 Å². The van der Waals surface area contributed by atoms with Gasteiger partial charge in [-0.15, -0.1) is 0 Å². The summed E-state index contributed by atoms with van der Waals surface area (Å²) in [5, 5.41) is 5.81. The van der Waals surface area contributed by atoms with Crippen molar-refractivity contribution in [3.63, 3.8) is 0 Å². The zero-order valence-electron chi connectivity index (χ0n) is 8.49. The van der Waals surface area contributed by atoms with Crippen molar-refractivity contribution in [1.82, 2.24) is 4.98 Å². The van der Waals surface area contributed by atoms with Gasteiger partial charge in [-0.1, -0.05) is 23.4 Å². The summed E-state index contributed by atoms with van der Waals surface area (Å²) < 4.78 is 4.89. The maximum Gasteiger partial charge on any atom is 0.355 e. The molecule has 16 heavy (non-hydrogen) atoms. The number of hydrogen-bond donors (Lipinski definition) is 1. The fourth-order valence-electron chi connectivity index (χ4n) is 1.20. The molecular weight excluding hydrogens is 248 g/mol. The summed E-state index contributed by atoms with van der Waals surface area (Å²) in [6.07, 6.45) is 0. The molecule has 0 aliphatic carbocycles. The third-order valence-electron chi connectivity index (χ3n) is 1.88. The largest absolute Gasteiger partial charge is 0.461 e. The van der Waals surface area contributed by atoms with E-state index in [1.54, 1.807) is 24.5 Å². The summed E-state index contributed by atoms with van der Waals surface area (Å²) >= 11 is 7.11. The standard InChI is InChI=1S/C10H9ClN2O2S/c1-2-15-10(14)7-5-16-9-6(12-7)3-4-8(11)13-9/h3-5,12H,2H2,1H3. The van der Waals surface area contributed by atoms with Crippen LogP contribution in [0.2, 0.25) is 5.15 Å². The minimum Gasteiger partial charge on any atom is -0.461 e. The van der Waals surface area contributed by atoms with Crippen molar-refractivity contribution >= 4 is 35.0 Å². The Labute approximate surface area is 102 Å². The molecule has 6 heteroatoms. The number of carbonyl (C=O) groups excluding carboxylic acids is 1. The summed E-state index contributed by atoms with van der Waals surface area (Å²) in [6.45, 7) is 2.12. The highest BCUT2D eigenvalue weighted by atomic mass is 35.5. The second-order valence-electron chi connectivity index (χ2n) is 2.98. The fourth-order valence-corrected chi connectivity index (χ4v) is 2.18. The summed E-state index contributed by atoms with van der Waals surface area (Å²) in [7, 11) is 0. The first kappa shape index (κ1) is 11.3. The first-order chi connectivity index (χ1) is 7.70. The van der Waals surface area contributed by atoms with Gasteiger partial charge in [-0.05, 0) is 19.1 Å². The molecule has 1 aliphatic heterocycles. The van der Waals surface area contributed by atoms with Crippen molar-refractivity contribution in [3.8, 4) is 0 Å². The Morgan fingerprint density at radius 2 is 2.44 bits per heavy atom. The van der Waals surface area contributed by atoms with Crippen LogP contribution in [0.25, 0.3) is 0 Å². The van der Waals surface area contributed by atoms with Gasteiger partial charge in [0.2, 0.25) is 0 Å². The number of halogens is 1. The third-order valence-corrected chi connectivity index (χ3v) is 2.98. The molecule has 1 aliphatic rings. The molecule has 84 valence electrons. The molecule has 0 aromatic carbocycles. The Morgan fingerprint density at radius 1 is 1.62 bits per heavy atom. The van der Waals surface area contributed by atoms with Crippen LogP contribution in [0.15, 0.2) is 28.3 Å². The number of thioether (sulfide) groups is 1. The highest BCUT2D eigenvalue weighted by Crippen LogP contribution is 2.33. The maximum absolute atomic E-state index is 11.5. The number of nitrogens with zero attached hydrogens (tertiary/aromatic N) is 1. The lowest BCUT2D eigenvalue weighted by Crippen LogP contribution is -2.16. The lowest BCUT2D eigenvalue weighted by atomic mass is 10.4. The van der Waals surface area contributed by atoms with E-state index < -0.39 is 0 Å². The molecule has 2 rings (SSSR count). The van der Waals surface area contributed by atoms with E-state index in [1.807, 2.05) is 0 Å². The summed E-state index contributed by atoms with van der Waals surface area (Å²) in [4.78, 5) is 15.6. The van der Waals surface area contributed by atoms with Crippen LogP contribution in [0.1, 0.15) is 6.92 Å². The first-order valence-corrected chi connectivity index (χ1v) is 5.94. The van der Waals surface area contributed by atoms with Gasteiger partial charge < -0.3 is 10.1 Å². The molecule has 4 nitrogen and oxygen atoms in total. The van der Waals surface area contributed by atoms with Crippen molar-refractivity contribution in [2.24, 2.45) is 0 Å². The second kappa shape index (κ2) is 4.76. The van der Waals surface area contributed by atoms with Gasteiger partial charge >= 0.3 is 5.97 Å². The Balaban J connectivity index is 2.18. The number of hydrogen-bond acceptors (Lipinski definition) is 5. The molecule has 0 unspecified atom stereocenters. The molecule has 0 bridgehead atoms. The number of anilines is 1. The smallest absolute Gasteiger partial charge is 0.355 e. The van der Waals surface area contributed by atoms with Crippen LogP contribution in [0.4, 0.5) is 5.69 Å². The molecule has 0 saturated heterocycles. The zero-order valence-corrected chi connectivity index (χ0v) is 10.1. The van der Waals surface area contributed by atoms with Crippen molar-refractivity contribution < 1.29 is 9.53 Å². The van der Waals surface area contributed by atoms with Crippen molar-refractivity contribution in [2.45, 2.75) is 11.9 Å². The van der Waals surface area contributed by atoms with Gasteiger partial charge in [0, 0.05) is 5.41 Å². The van der Waals surface area contributed by atoms with Crippen LogP contribution in [0, 0.1) is 0 Å². The predicted octanol–water partition coefficient (Wildman–Crippen LogP) is 2.66. The minimum absolute atomic E-state index is 0.355. The number of nitrogens with one attached hydrogen (secondary N) is 1. The molecule has 0 atom stereocenters. The van der Waals surface area contributed by atoms with Crippen LogP contribution < -0.4 is 5.32 Å². The van der Waals surface area contributed by atoms with Crippen molar-refractivity contribution in [1.29, 1.82) is 0 Å². The monoisotopic (exact) mass is 256 g/mol. The van der Waals surface area contributed by atoms with E-state index in [0.29, 0.717) is 17.5 Å². The lowest BCUT2D eigenvalue weighted by Gasteiger charge is -2.16. The second-order valence-corrected chi connectivity index (χ2v) is 4.23. The number of fused-ring (bicyclic) bond motifs is 1. The van der Waals surface area contributed by atoms with Gasteiger partial charge in [-0.3, -0.25) is 0 Å². The SMILES string of the molecule is CCOC(=O)C1=CSc2nc(Cl)ccc2N1. The Bertz CT molecular complexity index is 462. The number of pyridine rings is 1. The molecule has 0 radical (unpaired) electrons. The molecule has 1 aromatic rings. The molecule has 1 aromatic heterocycles. The maximum atomic E-state index is 11.5. The summed E-state index contributed by atoms with van der Waals surface area (Å²) in [6, 6.07) is 3.45. The number of aromatic nitrogens is 1. The van der Waals surface area contributed by atoms with Crippen molar-refractivity contribution in [2.75, 3.05) is 11.9 Å². The van der Waals surface area contributed by atoms with E-state index in [2.05, 4.69) is 10.3 Å². The molecule has 0 amide bonds. The molecule has 1 N–H and O–H groups in total. The number of esters is 1. The normalized spacial score (nSPS) is 13.5. The summed E-state index contributed by atoms with van der Waals surface area (Å²) in [5.41, 5.74) is 1.18. The van der Waals surface area contributed by atoms with E-state index in [-0.39, 0.29) is 5.97 Å². The number of carbonyl (C=O) groups is 1. The fraction of sp³-hybridized carbons (Fsp3) is 0.200. The van der Waals surface area contributed by atoms with Gasteiger partial charge in [0.15, 0.2) is 0 Å². The number of ether oxygens (including phenoxy) is 1. The van der Waals surface area contributed by atoms with Gasteiger partial charge in [0.05, 0.1) is 12.3 Å². The van der Waals surface area contributed by atoms with E-state index in [9.17, 15) is 4.79 Å². The average molecular weight is 257 g/mol. The van der Waals surface area contributed by atoms with E-state index in [1.165, 1.54) is 11.8 Å². The highest BCUT2D eigenvalue weighted by Gasteiger charge is 2.18. The van der Waals surface area contributed by atoms with Crippen LogP contribution in [0.3, 0.4) is 0 Å². The Kier molecular flexibility index (Phi) is 3.36.